The van der Waals surface area contributed by atoms with E-state index >= 15 is 0 Å². The summed E-state index contributed by atoms with van der Waals surface area (Å²) in [7, 11) is 0. The molecular weight excluding hydrogens is 66.0 g/mol. The zero-order valence-electron chi connectivity index (χ0n) is 1.65. The van der Waals surface area contributed by atoms with Gasteiger partial charge in [-0.15, -0.1) is 0 Å². The lowest BCUT2D eigenvalue weighted by Gasteiger charge is -1.40. The standard InChI is InChI=1S/F2N2/c1-3-4-2. The number of hydrogen-bond donors (Lipinski definition) is 0. The van der Waals surface area contributed by atoms with E-state index in [0.29, 0.717) is 0 Å². The smallest absolute Gasteiger partial charge is 0.0511 e. The fourth-order valence-corrected chi connectivity index (χ4v) is 0. The molecule has 2 nitrogen and oxygen atoms in total. The van der Waals surface area contributed by atoms with E-state index < -0.39 is 0 Å². The second-order valence-electron chi connectivity index (χ2n) is 0.151. The average Bonchev–Trinajstić information content (AvgIpc) is 1.37. The van der Waals surface area contributed by atoms with Gasteiger partial charge in [-0.25, -0.2) is 0 Å². The lowest BCUT2D eigenvalue weighted by molar-refractivity contribution is 0.369. The molecule has 4 heavy (non-hydrogen) atoms. The van der Waals surface area contributed by atoms with Crippen molar-refractivity contribution in [2.45, 2.75) is 0 Å². The minimum Gasteiger partial charge on any atom is -0.0511 e. The largest absolute Gasteiger partial charge is 0.0511 e. The molecule has 0 fully saturated rings. The van der Waals surface area contributed by atoms with Gasteiger partial charge in [-0.2, -0.15) is 0 Å². The molecule has 0 saturated heterocycles. The first-order valence-electron chi connectivity index (χ1n) is 0.538. The molecule has 0 unspecified atom stereocenters. The van der Waals surface area contributed by atoms with Crippen LogP contribution in [0.1, 0.15) is 0 Å². The second-order valence-corrected chi connectivity index (χ2v) is 0.151. The third kappa shape index (κ3) is 1.46. The molecule has 0 aromatic rings. The summed E-state index contributed by atoms with van der Waals surface area (Å²) in [5.74, 6) is 0. The van der Waals surface area contributed by atoms with Crippen molar-refractivity contribution in [3.8, 4) is 0 Å². The Balaban J connectivity index is 2.55. The Bertz CT molecular complexity index is 19.2. The van der Waals surface area contributed by atoms with Crippen LogP contribution in [0.15, 0.2) is 10.7 Å². The summed E-state index contributed by atoms with van der Waals surface area (Å²) in [6, 6.07) is 0. The van der Waals surface area contributed by atoms with Gasteiger partial charge < -0.3 is 0 Å². The van der Waals surface area contributed by atoms with Gasteiger partial charge in [0.15, 0.2) is 0 Å². The summed E-state index contributed by atoms with van der Waals surface area (Å²) in [5, 5.41) is 2.39. The van der Waals surface area contributed by atoms with Crippen LogP contribution in [-0.4, -0.2) is 0 Å². The van der Waals surface area contributed by atoms with E-state index in [4.69, 9.17) is 0 Å². The quantitative estimate of drug-likeness (QED) is 0.379. The van der Waals surface area contributed by atoms with E-state index in [-0.39, 0.29) is 0 Å². The van der Waals surface area contributed by atoms with Crippen molar-refractivity contribution in [2.24, 2.45) is 10.7 Å². The van der Waals surface area contributed by atoms with Crippen LogP contribution >= 0.6 is 0 Å². The Kier molecular flexibility index (Phi) is 2.13. The Hall–Kier alpha value is -0.540. The molecule has 0 spiro atoms. The third-order valence-electron chi connectivity index (χ3n) is 0.0286. The summed E-state index contributed by atoms with van der Waals surface area (Å²) in [4.78, 5) is 0. The molecule has 0 aromatic carbocycles. The van der Waals surface area contributed by atoms with Crippen molar-refractivity contribution >= 4 is 0 Å². The van der Waals surface area contributed by atoms with Gasteiger partial charge in [0.05, 0.1) is 10.7 Å². The zero-order chi connectivity index (χ0) is 3.41. The predicted molar refractivity (Wildman–Crippen MR) is 7.07 cm³/mol. The van der Waals surface area contributed by atoms with Crippen LogP contribution in [-0.2, 0) is 0 Å². The molecule has 4 heteroatoms. The number of halogens is 2. The lowest BCUT2D eigenvalue weighted by atomic mass is 13.1. The van der Waals surface area contributed by atoms with Crippen LogP contribution < -0.4 is 0 Å². The molecule has 0 aromatic heterocycles. The van der Waals surface area contributed by atoms with Crippen molar-refractivity contribution < 1.29 is 8.96 Å². The highest BCUT2D eigenvalue weighted by Crippen LogP contribution is 1.68. The van der Waals surface area contributed by atoms with Gasteiger partial charge in [0.2, 0.25) is 0 Å². The molecule has 0 bridgehead atoms. The van der Waals surface area contributed by atoms with Crippen LogP contribution in [0.4, 0.5) is 8.96 Å². The molecule has 24 valence electrons. The molecule has 0 rings (SSSR count). The van der Waals surface area contributed by atoms with E-state index in [9.17, 15) is 8.96 Å². The van der Waals surface area contributed by atoms with Crippen LogP contribution in [0.25, 0.3) is 0 Å². The fourth-order valence-electron chi connectivity index (χ4n) is 0. The zero-order valence-corrected chi connectivity index (χ0v) is 1.65. The molecule has 0 radical (unpaired) electrons. The Labute approximate surface area is 21.0 Å². The first-order chi connectivity index (χ1) is 1.91. The minimum absolute atomic E-state index is 1.19. The molecule has 0 atom stereocenters. The van der Waals surface area contributed by atoms with Crippen LogP contribution in [0.2, 0.25) is 0 Å². The van der Waals surface area contributed by atoms with Gasteiger partial charge in [-0.05, 0) is 0 Å². The average molecular weight is 66.0 g/mol. The Morgan fingerprint density at radius 2 is 1.25 bits per heavy atom. The van der Waals surface area contributed by atoms with E-state index in [1.54, 1.807) is 0 Å². The first-order valence-corrected chi connectivity index (χ1v) is 0.538. The van der Waals surface area contributed by atoms with Crippen LogP contribution in [0, 0.1) is 0 Å². The van der Waals surface area contributed by atoms with E-state index in [2.05, 4.69) is 0 Å². The van der Waals surface area contributed by atoms with Crippen LogP contribution in [0.5, 0.6) is 0 Å². The van der Waals surface area contributed by atoms with Gasteiger partial charge in [-0.1, -0.05) is 8.96 Å². The molecule has 0 amide bonds. The number of nitrogens with zero attached hydrogens (tertiary/aromatic N) is 2. The summed E-state index contributed by atoms with van der Waals surface area (Å²) < 4.78 is 19.6. The monoisotopic (exact) mass is 66.0 g/mol. The van der Waals surface area contributed by atoms with E-state index in [1.165, 1.54) is 10.7 Å². The summed E-state index contributed by atoms with van der Waals surface area (Å²) in [6.07, 6.45) is 0. The summed E-state index contributed by atoms with van der Waals surface area (Å²) in [5.41, 5.74) is 0. The summed E-state index contributed by atoms with van der Waals surface area (Å²) >= 11 is 0. The normalized spacial score (nSPS) is 9.50. The SMILES string of the molecule is FN=NF. The van der Waals surface area contributed by atoms with Crippen molar-refractivity contribution in [2.75, 3.05) is 0 Å². The molecule has 0 aliphatic carbocycles. The number of hydrogen-bond acceptors (Lipinski definition) is 2. The van der Waals surface area contributed by atoms with Gasteiger partial charge in [0.1, 0.15) is 0 Å². The molecule has 0 N–H and O–H groups in total. The van der Waals surface area contributed by atoms with Crippen molar-refractivity contribution in [1.82, 2.24) is 0 Å². The molecule has 0 aliphatic heterocycles. The Morgan fingerprint density at radius 1 is 1.00 bits per heavy atom. The van der Waals surface area contributed by atoms with Gasteiger partial charge >= 0.3 is 0 Å². The lowest BCUT2D eigenvalue weighted by Crippen LogP contribution is -1.16. The highest BCUT2D eigenvalue weighted by molar-refractivity contribution is 3.55. The molecule has 0 aliphatic rings. The number of rotatable bonds is 0. The molecular formula is F2N2. The van der Waals surface area contributed by atoms with Gasteiger partial charge in [-0.3, -0.25) is 0 Å². The Morgan fingerprint density at radius 3 is 1.25 bits per heavy atom. The van der Waals surface area contributed by atoms with Crippen molar-refractivity contribution in [3.63, 3.8) is 0 Å². The topological polar surface area (TPSA) is 24.7 Å². The third-order valence-corrected chi connectivity index (χ3v) is 0.0286. The maximum atomic E-state index is 9.81. The van der Waals surface area contributed by atoms with E-state index in [1.807, 2.05) is 0 Å². The van der Waals surface area contributed by atoms with Crippen LogP contribution in [0.3, 0.4) is 0 Å². The van der Waals surface area contributed by atoms with Crippen molar-refractivity contribution in [1.29, 1.82) is 0 Å². The fraction of sp³-hybridized carbons (Fsp3) is 0. The second kappa shape index (κ2) is 2.46. The van der Waals surface area contributed by atoms with E-state index in [0.717, 1.165) is 0 Å². The summed E-state index contributed by atoms with van der Waals surface area (Å²) in [6.45, 7) is 0. The molecule has 0 saturated carbocycles. The maximum absolute atomic E-state index is 9.81. The van der Waals surface area contributed by atoms with Crippen molar-refractivity contribution in [3.05, 3.63) is 0 Å². The van der Waals surface area contributed by atoms with Gasteiger partial charge in [0.25, 0.3) is 0 Å². The maximum Gasteiger partial charge on any atom is 0.0511 e. The van der Waals surface area contributed by atoms with Gasteiger partial charge in [0, 0.05) is 0 Å². The molecule has 0 heterocycles. The minimum atomic E-state index is 1.19. The first kappa shape index (κ1) is 3.46. The predicted octanol–water partition coefficient (Wildman–Crippen LogP) is 1.21. The highest BCUT2D eigenvalue weighted by Gasteiger charge is 1.43. The highest BCUT2D eigenvalue weighted by atomic mass is 19.2.